The van der Waals surface area contributed by atoms with E-state index in [-0.39, 0.29) is 22.9 Å². The van der Waals surface area contributed by atoms with Crippen LogP contribution in [0.25, 0.3) is 11.2 Å². The zero-order valence-corrected chi connectivity index (χ0v) is 19.8. The number of nitrogens with zero attached hydrogens (tertiary/aromatic N) is 5. The van der Waals surface area contributed by atoms with Gasteiger partial charge in [-0.1, -0.05) is 40.6 Å². The molecule has 2 aromatic carbocycles. The fourth-order valence-electron chi connectivity index (χ4n) is 4.45. The number of likely N-dealkylation sites (tertiary alicyclic amines) is 1. The van der Waals surface area contributed by atoms with Crippen LogP contribution in [0.1, 0.15) is 51.6 Å². The maximum Gasteiger partial charge on any atom is 0.281 e. The van der Waals surface area contributed by atoms with Crippen molar-refractivity contribution in [1.82, 2.24) is 29.9 Å². The highest BCUT2D eigenvalue weighted by atomic mass is 35.5. The molecule has 34 heavy (non-hydrogen) atoms. The molecule has 1 aliphatic heterocycles. The predicted octanol–water partition coefficient (Wildman–Crippen LogP) is 3.85. The van der Waals surface area contributed by atoms with Crippen LogP contribution in [0.15, 0.2) is 47.3 Å². The van der Waals surface area contributed by atoms with Crippen molar-refractivity contribution in [3.8, 4) is 0 Å². The van der Waals surface area contributed by atoms with Crippen molar-refractivity contribution >= 4 is 28.7 Å². The Balaban J connectivity index is 1.36. The van der Waals surface area contributed by atoms with Crippen LogP contribution in [0.3, 0.4) is 0 Å². The van der Waals surface area contributed by atoms with Crippen LogP contribution in [0, 0.1) is 13.8 Å². The number of hydrogen-bond donors (Lipinski definition) is 1. The number of amides is 1. The first-order valence-electron chi connectivity index (χ1n) is 11.3. The van der Waals surface area contributed by atoms with E-state index in [1.807, 2.05) is 11.8 Å². The zero-order chi connectivity index (χ0) is 23.8. The average Bonchev–Trinajstić information content (AvgIpc) is 3.25. The minimum atomic E-state index is -0.285. The lowest BCUT2D eigenvalue weighted by atomic mass is 9.95. The van der Waals surface area contributed by atoms with Gasteiger partial charge in [0.2, 0.25) is 0 Å². The van der Waals surface area contributed by atoms with Gasteiger partial charge in [-0.15, -0.1) is 5.10 Å². The van der Waals surface area contributed by atoms with Gasteiger partial charge >= 0.3 is 0 Å². The van der Waals surface area contributed by atoms with Gasteiger partial charge in [-0.25, -0.2) is 9.67 Å². The van der Waals surface area contributed by atoms with Gasteiger partial charge in [0.15, 0.2) is 11.2 Å². The monoisotopic (exact) mass is 476 g/mol. The van der Waals surface area contributed by atoms with Gasteiger partial charge in [0, 0.05) is 29.6 Å². The Morgan fingerprint density at radius 3 is 2.59 bits per heavy atom. The normalized spacial score (nSPS) is 14.6. The largest absolute Gasteiger partial charge is 0.339 e. The molecule has 0 bridgehead atoms. The molecule has 5 rings (SSSR count). The lowest BCUT2D eigenvalue weighted by molar-refractivity contribution is 0.0711. The summed E-state index contributed by atoms with van der Waals surface area (Å²) in [7, 11) is 0. The van der Waals surface area contributed by atoms with Crippen LogP contribution >= 0.6 is 11.6 Å². The topological polar surface area (TPSA) is 96.8 Å². The third-order valence-corrected chi connectivity index (χ3v) is 6.73. The van der Waals surface area contributed by atoms with E-state index in [0.29, 0.717) is 54.5 Å². The molecule has 1 N–H and O–H groups in total. The van der Waals surface area contributed by atoms with E-state index < -0.39 is 0 Å². The van der Waals surface area contributed by atoms with Crippen molar-refractivity contribution in [1.29, 1.82) is 0 Å². The maximum absolute atomic E-state index is 12.8. The summed E-state index contributed by atoms with van der Waals surface area (Å²) in [5.41, 5.74) is 4.49. The first-order valence-corrected chi connectivity index (χ1v) is 11.7. The third-order valence-electron chi connectivity index (χ3n) is 6.48. The fourth-order valence-corrected chi connectivity index (χ4v) is 4.57. The smallest absolute Gasteiger partial charge is 0.281 e. The summed E-state index contributed by atoms with van der Waals surface area (Å²) >= 11 is 5.93. The Kier molecular flexibility index (Phi) is 5.91. The number of carbonyl (C=O) groups excluding carboxylic acids is 1. The number of carbonyl (C=O) groups is 1. The van der Waals surface area contributed by atoms with Crippen LogP contribution in [-0.2, 0) is 6.54 Å². The van der Waals surface area contributed by atoms with E-state index >= 15 is 0 Å². The molecule has 0 saturated carbocycles. The number of hydrogen-bond acceptors (Lipinski definition) is 5. The van der Waals surface area contributed by atoms with E-state index in [2.05, 4.69) is 40.4 Å². The van der Waals surface area contributed by atoms with Gasteiger partial charge in [0.1, 0.15) is 5.82 Å². The number of H-pyrrole nitrogens is 1. The summed E-state index contributed by atoms with van der Waals surface area (Å²) in [5, 5.41) is 8.88. The number of halogens is 1. The van der Waals surface area contributed by atoms with Crippen molar-refractivity contribution in [3.63, 3.8) is 0 Å². The number of nitrogens with one attached hydrogen (secondary N) is 1. The fraction of sp³-hybridized carbons (Fsp3) is 0.320. The van der Waals surface area contributed by atoms with Gasteiger partial charge in [-0.05, 0) is 62.1 Å². The molecular formula is C25H25ClN6O2. The second-order valence-electron chi connectivity index (χ2n) is 8.87. The Labute approximate surface area is 201 Å². The molecule has 9 heteroatoms. The maximum atomic E-state index is 12.8. The van der Waals surface area contributed by atoms with E-state index in [9.17, 15) is 9.59 Å². The number of benzene rings is 2. The second kappa shape index (κ2) is 9.02. The molecule has 1 saturated heterocycles. The molecule has 0 unspecified atom stereocenters. The summed E-state index contributed by atoms with van der Waals surface area (Å²) < 4.78 is 1.69. The number of aromatic amines is 1. The summed E-state index contributed by atoms with van der Waals surface area (Å²) in [6.07, 6.45) is 1.43. The van der Waals surface area contributed by atoms with E-state index in [4.69, 9.17) is 16.6 Å². The molecule has 0 aliphatic carbocycles. The first kappa shape index (κ1) is 22.3. The minimum Gasteiger partial charge on any atom is -0.339 e. The van der Waals surface area contributed by atoms with Gasteiger partial charge < -0.3 is 9.88 Å². The SMILES string of the molecule is Cc1ccc(C)c(Cn2nnc3c(=O)[nH]c(C4CCN(C(=O)c5ccc(Cl)cc5)CC4)nc32)c1. The summed E-state index contributed by atoms with van der Waals surface area (Å²) in [5.74, 6) is 0.666. The Hall–Kier alpha value is -3.52. The van der Waals surface area contributed by atoms with Crippen LogP contribution in [0.4, 0.5) is 0 Å². The van der Waals surface area contributed by atoms with Crippen molar-refractivity contribution < 1.29 is 4.79 Å². The molecule has 8 nitrogen and oxygen atoms in total. The first-order chi connectivity index (χ1) is 16.4. The average molecular weight is 477 g/mol. The van der Waals surface area contributed by atoms with Gasteiger partial charge in [-0.2, -0.15) is 0 Å². The summed E-state index contributed by atoms with van der Waals surface area (Å²) in [6.45, 7) is 5.78. The molecule has 4 aromatic rings. The van der Waals surface area contributed by atoms with Gasteiger partial charge in [0.05, 0.1) is 6.54 Å². The molecule has 0 spiro atoms. The van der Waals surface area contributed by atoms with Gasteiger partial charge in [0.25, 0.3) is 11.5 Å². The molecular weight excluding hydrogens is 452 g/mol. The molecule has 174 valence electrons. The molecule has 2 aromatic heterocycles. The zero-order valence-electron chi connectivity index (χ0n) is 19.1. The standard InChI is InChI=1S/C25H25ClN6O2/c1-15-3-4-16(2)19(13-15)14-32-23-21(29-30-32)24(33)28-22(27-23)17-9-11-31(12-10-17)25(34)18-5-7-20(26)8-6-18/h3-8,13,17H,9-12,14H2,1-2H3,(H,27,28,33). The van der Waals surface area contributed by atoms with Crippen LogP contribution in [-0.4, -0.2) is 48.9 Å². The highest BCUT2D eigenvalue weighted by molar-refractivity contribution is 6.30. The predicted molar refractivity (Wildman–Crippen MR) is 130 cm³/mol. The third kappa shape index (κ3) is 4.33. The van der Waals surface area contributed by atoms with Crippen molar-refractivity contribution in [2.45, 2.75) is 39.2 Å². The molecule has 0 atom stereocenters. The van der Waals surface area contributed by atoms with Crippen molar-refractivity contribution in [3.05, 3.63) is 85.9 Å². The Morgan fingerprint density at radius 2 is 1.85 bits per heavy atom. The highest BCUT2D eigenvalue weighted by Gasteiger charge is 2.27. The minimum absolute atomic E-state index is 0.0113. The van der Waals surface area contributed by atoms with Crippen LogP contribution < -0.4 is 5.56 Å². The number of fused-ring (bicyclic) bond motifs is 1. The molecule has 1 fully saturated rings. The number of rotatable bonds is 4. The lowest BCUT2D eigenvalue weighted by Crippen LogP contribution is -2.38. The van der Waals surface area contributed by atoms with Crippen molar-refractivity contribution in [2.24, 2.45) is 0 Å². The Morgan fingerprint density at radius 1 is 1.12 bits per heavy atom. The van der Waals surface area contributed by atoms with E-state index in [0.717, 1.165) is 16.7 Å². The molecule has 0 radical (unpaired) electrons. The lowest BCUT2D eigenvalue weighted by Gasteiger charge is -2.31. The summed E-state index contributed by atoms with van der Waals surface area (Å²) in [6, 6.07) is 13.2. The van der Waals surface area contributed by atoms with E-state index in [1.165, 1.54) is 0 Å². The van der Waals surface area contributed by atoms with Gasteiger partial charge in [-0.3, -0.25) is 9.59 Å². The van der Waals surface area contributed by atoms with Crippen LogP contribution in [0.2, 0.25) is 5.02 Å². The number of aryl methyl sites for hydroxylation is 2. The van der Waals surface area contributed by atoms with Crippen molar-refractivity contribution in [2.75, 3.05) is 13.1 Å². The number of piperidine rings is 1. The summed E-state index contributed by atoms with van der Waals surface area (Å²) in [4.78, 5) is 35.0. The van der Waals surface area contributed by atoms with Crippen LogP contribution in [0.5, 0.6) is 0 Å². The second-order valence-corrected chi connectivity index (χ2v) is 9.31. The molecule has 1 aliphatic rings. The Bertz CT molecular complexity index is 1420. The molecule has 1 amide bonds. The quantitative estimate of drug-likeness (QED) is 0.482. The van der Waals surface area contributed by atoms with E-state index in [1.54, 1.807) is 28.9 Å². The molecule has 3 heterocycles. The number of aromatic nitrogens is 5. The highest BCUT2D eigenvalue weighted by Crippen LogP contribution is 2.27.